The van der Waals surface area contributed by atoms with Gasteiger partial charge < -0.3 is 10.2 Å². The zero-order valence-electron chi connectivity index (χ0n) is 8.42. The molecule has 0 spiro atoms. The summed E-state index contributed by atoms with van der Waals surface area (Å²) in [5.74, 6) is 0. The molecule has 74 valence electrons. The first-order valence-corrected chi connectivity index (χ1v) is 4.39. The van der Waals surface area contributed by atoms with Crippen LogP contribution in [-0.2, 0) is 0 Å². The van der Waals surface area contributed by atoms with E-state index in [0.717, 1.165) is 0 Å². The lowest BCUT2D eigenvalue weighted by Crippen LogP contribution is -2.43. The Hall–Kier alpha value is -1.25. The van der Waals surface area contributed by atoms with Crippen LogP contribution in [0.2, 0.25) is 0 Å². The number of hydrogen-bond donors (Lipinski definition) is 1. The van der Waals surface area contributed by atoms with E-state index in [2.05, 4.69) is 18.5 Å². The van der Waals surface area contributed by atoms with E-state index >= 15 is 0 Å². The molecule has 0 aliphatic heterocycles. The standard InChI is InChI=1S/C10H18N2O/c1-5-7-12(8-6-2)10(13)11-9(3)4/h5-6,9H,1-2,7-8H2,3-4H3,(H,11,13). The molecular weight excluding hydrogens is 164 g/mol. The number of rotatable bonds is 5. The molecule has 13 heavy (non-hydrogen) atoms. The summed E-state index contributed by atoms with van der Waals surface area (Å²) in [6.45, 7) is 12.1. The van der Waals surface area contributed by atoms with Crippen molar-refractivity contribution in [2.75, 3.05) is 13.1 Å². The maximum absolute atomic E-state index is 11.5. The molecule has 3 heteroatoms. The Morgan fingerprint density at radius 1 is 1.38 bits per heavy atom. The fourth-order valence-electron chi connectivity index (χ4n) is 0.890. The molecule has 0 heterocycles. The predicted octanol–water partition coefficient (Wildman–Crippen LogP) is 1.78. The van der Waals surface area contributed by atoms with E-state index in [1.807, 2.05) is 13.8 Å². The van der Waals surface area contributed by atoms with E-state index in [-0.39, 0.29) is 12.1 Å². The van der Waals surface area contributed by atoms with Crippen LogP contribution in [0.1, 0.15) is 13.8 Å². The molecule has 0 aliphatic carbocycles. The molecule has 0 rings (SSSR count). The van der Waals surface area contributed by atoms with Gasteiger partial charge in [-0.15, -0.1) is 13.2 Å². The summed E-state index contributed by atoms with van der Waals surface area (Å²) < 4.78 is 0. The van der Waals surface area contributed by atoms with E-state index in [1.54, 1.807) is 17.1 Å². The molecule has 0 bridgehead atoms. The second-order valence-corrected chi connectivity index (χ2v) is 3.09. The van der Waals surface area contributed by atoms with Gasteiger partial charge in [-0.2, -0.15) is 0 Å². The van der Waals surface area contributed by atoms with Crippen molar-refractivity contribution in [3.8, 4) is 0 Å². The second-order valence-electron chi connectivity index (χ2n) is 3.09. The highest BCUT2D eigenvalue weighted by Gasteiger charge is 2.10. The number of hydrogen-bond acceptors (Lipinski definition) is 1. The van der Waals surface area contributed by atoms with Gasteiger partial charge in [0.05, 0.1) is 0 Å². The van der Waals surface area contributed by atoms with Gasteiger partial charge >= 0.3 is 6.03 Å². The first-order valence-electron chi connectivity index (χ1n) is 4.39. The molecular formula is C10H18N2O. The number of carbonyl (C=O) groups excluding carboxylic acids is 1. The van der Waals surface area contributed by atoms with Gasteiger partial charge in [-0.1, -0.05) is 12.2 Å². The van der Waals surface area contributed by atoms with Crippen LogP contribution in [0.15, 0.2) is 25.3 Å². The maximum Gasteiger partial charge on any atom is 0.318 e. The molecule has 0 aromatic heterocycles. The molecule has 0 unspecified atom stereocenters. The van der Waals surface area contributed by atoms with Gasteiger partial charge in [-0.3, -0.25) is 0 Å². The van der Waals surface area contributed by atoms with Crippen LogP contribution in [0, 0.1) is 0 Å². The SMILES string of the molecule is C=CCN(CC=C)C(=O)NC(C)C. The molecule has 0 saturated carbocycles. The van der Waals surface area contributed by atoms with E-state index in [1.165, 1.54) is 0 Å². The zero-order valence-corrected chi connectivity index (χ0v) is 8.42. The first kappa shape index (κ1) is 11.8. The Balaban J connectivity index is 4.09. The summed E-state index contributed by atoms with van der Waals surface area (Å²) >= 11 is 0. The molecule has 0 aromatic rings. The summed E-state index contributed by atoms with van der Waals surface area (Å²) in [5.41, 5.74) is 0. The van der Waals surface area contributed by atoms with Crippen LogP contribution in [0.25, 0.3) is 0 Å². The highest BCUT2D eigenvalue weighted by atomic mass is 16.2. The highest BCUT2D eigenvalue weighted by Crippen LogP contribution is 1.92. The summed E-state index contributed by atoms with van der Waals surface area (Å²) in [6, 6.07) is 0.0828. The van der Waals surface area contributed by atoms with Crippen LogP contribution < -0.4 is 5.32 Å². The third-order valence-corrected chi connectivity index (χ3v) is 1.40. The highest BCUT2D eigenvalue weighted by molar-refractivity contribution is 5.74. The Kier molecular flexibility index (Phi) is 5.68. The number of nitrogens with zero attached hydrogens (tertiary/aromatic N) is 1. The minimum Gasteiger partial charge on any atom is -0.336 e. The molecule has 2 amide bonds. The zero-order chi connectivity index (χ0) is 10.3. The van der Waals surface area contributed by atoms with E-state index in [9.17, 15) is 4.79 Å². The quantitative estimate of drug-likeness (QED) is 0.646. The number of urea groups is 1. The average Bonchev–Trinajstić information content (AvgIpc) is 2.02. The van der Waals surface area contributed by atoms with Crippen molar-refractivity contribution >= 4 is 6.03 Å². The third-order valence-electron chi connectivity index (χ3n) is 1.40. The largest absolute Gasteiger partial charge is 0.336 e. The summed E-state index contributed by atoms with van der Waals surface area (Å²) in [7, 11) is 0. The maximum atomic E-state index is 11.5. The fourth-order valence-corrected chi connectivity index (χ4v) is 0.890. The number of amides is 2. The van der Waals surface area contributed by atoms with Crippen LogP contribution >= 0.6 is 0 Å². The Morgan fingerprint density at radius 2 is 1.85 bits per heavy atom. The predicted molar refractivity (Wildman–Crippen MR) is 55.6 cm³/mol. The normalized spacial score (nSPS) is 9.46. The van der Waals surface area contributed by atoms with Crippen LogP contribution in [0.3, 0.4) is 0 Å². The lowest BCUT2D eigenvalue weighted by atomic mass is 10.4. The van der Waals surface area contributed by atoms with Gasteiger partial charge in [0.25, 0.3) is 0 Å². The van der Waals surface area contributed by atoms with Crippen molar-refractivity contribution in [3.05, 3.63) is 25.3 Å². The molecule has 0 radical (unpaired) electrons. The van der Waals surface area contributed by atoms with Gasteiger partial charge in [-0.25, -0.2) is 4.79 Å². The topological polar surface area (TPSA) is 32.3 Å². The minimum absolute atomic E-state index is 0.0743. The monoisotopic (exact) mass is 182 g/mol. The molecule has 0 atom stereocenters. The van der Waals surface area contributed by atoms with Crippen molar-refractivity contribution in [2.24, 2.45) is 0 Å². The van der Waals surface area contributed by atoms with Crippen LogP contribution in [-0.4, -0.2) is 30.1 Å². The summed E-state index contributed by atoms with van der Waals surface area (Å²) in [5, 5.41) is 2.80. The first-order chi connectivity index (χ1) is 6.11. The smallest absolute Gasteiger partial charge is 0.318 e. The van der Waals surface area contributed by atoms with E-state index < -0.39 is 0 Å². The van der Waals surface area contributed by atoms with Crippen LogP contribution in [0.5, 0.6) is 0 Å². The lowest BCUT2D eigenvalue weighted by Gasteiger charge is -2.21. The minimum atomic E-state index is -0.0743. The van der Waals surface area contributed by atoms with Gasteiger partial charge in [0, 0.05) is 19.1 Å². The molecule has 0 aromatic carbocycles. The van der Waals surface area contributed by atoms with Crippen molar-refractivity contribution in [1.29, 1.82) is 0 Å². The molecule has 1 N–H and O–H groups in total. The number of carbonyl (C=O) groups is 1. The van der Waals surface area contributed by atoms with Gasteiger partial charge in [0.2, 0.25) is 0 Å². The fraction of sp³-hybridized carbons (Fsp3) is 0.500. The van der Waals surface area contributed by atoms with E-state index in [4.69, 9.17) is 0 Å². The molecule has 0 saturated heterocycles. The van der Waals surface area contributed by atoms with Crippen molar-refractivity contribution < 1.29 is 4.79 Å². The van der Waals surface area contributed by atoms with E-state index in [0.29, 0.717) is 13.1 Å². The molecule has 3 nitrogen and oxygen atoms in total. The average molecular weight is 182 g/mol. The van der Waals surface area contributed by atoms with Crippen LogP contribution in [0.4, 0.5) is 4.79 Å². The lowest BCUT2D eigenvalue weighted by molar-refractivity contribution is 0.205. The summed E-state index contributed by atoms with van der Waals surface area (Å²) in [4.78, 5) is 13.1. The molecule has 0 aliphatic rings. The van der Waals surface area contributed by atoms with Gasteiger partial charge in [0.15, 0.2) is 0 Å². The second kappa shape index (κ2) is 6.29. The van der Waals surface area contributed by atoms with Crippen molar-refractivity contribution in [2.45, 2.75) is 19.9 Å². The van der Waals surface area contributed by atoms with Crippen molar-refractivity contribution in [1.82, 2.24) is 10.2 Å². The Bertz CT molecular complexity index is 177. The third kappa shape index (κ3) is 5.06. The van der Waals surface area contributed by atoms with Crippen molar-refractivity contribution in [3.63, 3.8) is 0 Å². The molecule has 0 fully saturated rings. The number of nitrogens with one attached hydrogen (secondary N) is 1. The Morgan fingerprint density at radius 3 is 2.15 bits per heavy atom. The van der Waals surface area contributed by atoms with Gasteiger partial charge in [-0.05, 0) is 13.8 Å². The van der Waals surface area contributed by atoms with Gasteiger partial charge in [0.1, 0.15) is 0 Å². The Labute approximate surface area is 80.1 Å². The summed E-state index contributed by atoms with van der Waals surface area (Å²) in [6.07, 6.45) is 3.40.